The van der Waals surface area contributed by atoms with Gasteiger partial charge >= 0.3 is 5.97 Å². The average Bonchev–Trinajstić information content (AvgIpc) is 2.63. The van der Waals surface area contributed by atoms with Crippen molar-refractivity contribution in [2.75, 3.05) is 19.7 Å². The molecule has 0 aromatic heterocycles. The minimum Gasteiger partial charge on any atom is -0.464 e. The molecule has 0 spiro atoms. The minimum atomic E-state index is -1.27. The zero-order valence-corrected chi connectivity index (χ0v) is 8.68. The molecule has 2 atom stereocenters. The number of esters is 1. The minimum absolute atomic E-state index is 0.197. The first kappa shape index (κ1) is 11.9. The van der Waals surface area contributed by atoms with Crippen LogP contribution in [0.5, 0.6) is 0 Å². The van der Waals surface area contributed by atoms with Crippen molar-refractivity contribution in [2.24, 2.45) is 5.73 Å². The Bertz CT molecular complexity index is 256. The lowest BCUT2D eigenvalue weighted by molar-refractivity contribution is -0.150. The number of hydrogen-bond donors (Lipinski definition) is 2. The van der Waals surface area contributed by atoms with Crippen molar-refractivity contribution in [3.05, 3.63) is 0 Å². The molecule has 1 aliphatic rings. The second-order valence-electron chi connectivity index (χ2n) is 3.46. The van der Waals surface area contributed by atoms with Crippen LogP contribution in [0, 0.1) is 0 Å². The number of hydrogen-bond acceptors (Lipinski definition) is 5. The Morgan fingerprint density at radius 3 is 2.80 bits per heavy atom. The molecular formula is C9H16N2O4. The molecule has 1 heterocycles. The van der Waals surface area contributed by atoms with Crippen LogP contribution in [-0.2, 0) is 14.3 Å². The predicted octanol–water partition coefficient (Wildman–Crippen LogP) is -1.53. The number of amides is 1. The molecule has 1 aliphatic heterocycles. The molecule has 0 radical (unpaired) electrons. The Balaban J connectivity index is 2.49. The maximum atomic E-state index is 11.6. The lowest BCUT2D eigenvalue weighted by Gasteiger charge is -2.18. The first-order valence-electron chi connectivity index (χ1n) is 4.95. The van der Waals surface area contributed by atoms with Crippen LogP contribution < -0.4 is 5.73 Å². The van der Waals surface area contributed by atoms with Gasteiger partial charge in [0.15, 0.2) is 6.04 Å². The smallest absolute Gasteiger partial charge is 0.332 e. The number of nitrogens with zero attached hydrogens (tertiary/aromatic N) is 1. The van der Waals surface area contributed by atoms with Crippen molar-refractivity contribution in [3.63, 3.8) is 0 Å². The van der Waals surface area contributed by atoms with Crippen molar-refractivity contribution in [2.45, 2.75) is 25.5 Å². The molecule has 1 fully saturated rings. The molecule has 6 nitrogen and oxygen atoms in total. The summed E-state index contributed by atoms with van der Waals surface area (Å²) in [6, 6.07) is -1.27. The number of ether oxygens (including phenoxy) is 1. The first-order chi connectivity index (χ1) is 7.06. The summed E-state index contributed by atoms with van der Waals surface area (Å²) in [6.45, 7) is 2.52. The summed E-state index contributed by atoms with van der Waals surface area (Å²) >= 11 is 0. The fraction of sp³-hybridized carbons (Fsp3) is 0.778. The van der Waals surface area contributed by atoms with Crippen molar-refractivity contribution >= 4 is 11.9 Å². The van der Waals surface area contributed by atoms with E-state index in [4.69, 9.17) is 5.73 Å². The molecule has 2 unspecified atom stereocenters. The van der Waals surface area contributed by atoms with Gasteiger partial charge in [-0.2, -0.15) is 0 Å². The van der Waals surface area contributed by atoms with Crippen LogP contribution in [0.3, 0.4) is 0 Å². The van der Waals surface area contributed by atoms with E-state index in [2.05, 4.69) is 4.74 Å². The summed E-state index contributed by atoms with van der Waals surface area (Å²) < 4.78 is 4.64. The van der Waals surface area contributed by atoms with Crippen LogP contribution in [0.25, 0.3) is 0 Å². The number of carbonyl (C=O) groups is 2. The van der Waals surface area contributed by atoms with Gasteiger partial charge in [0.05, 0.1) is 12.7 Å². The summed E-state index contributed by atoms with van der Waals surface area (Å²) in [6.07, 6.45) is 0.0183. The lowest BCUT2D eigenvalue weighted by Crippen LogP contribution is -2.48. The number of aliphatic hydroxyl groups excluding tert-OH is 1. The lowest BCUT2D eigenvalue weighted by atomic mass is 10.3. The molecule has 0 saturated carbocycles. The van der Waals surface area contributed by atoms with Crippen molar-refractivity contribution < 1.29 is 19.4 Å². The van der Waals surface area contributed by atoms with E-state index in [9.17, 15) is 14.7 Å². The number of rotatable bonds is 3. The van der Waals surface area contributed by atoms with Crippen LogP contribution in [-0.4, -0.2) is 53.7 Å². The van der Waals surface area contributed by atoms with Crippen LogP contribution >= 0.6 is 0 Å². The summed E-state index contributed by atoms with van der Waals surface area (Å²) in [5.41, 5.74) is 5.42. The van der Waals surface area contributed by atoms with Gasteiger partial charge in [-0.3, -0.25) is 4.79 Å². The molecule has 1 saturated heterocycles. The van der Waals surface area contributed by atoms with Gasteiger partial charge in [-0.05, 0) is 13.3 Å². The molecule has 86 valence electrons. The van der Waals surface area contributed by atoms with Gasteiger partial charge in [0.2, 0.25) is 0 Å². The molecule has 3 N–H and O–H groups in total. The fourth-order valence-electron chi connectivity index (χ4n) is 1.47. The Kier molecular flexibility index (Phi) is 4.05. The average molecular weight is 216 g/mol. The Labute approximate surface area is 88.0 Å². The standard InChI is InChI=1S/C9H16N2O4/c1-2-15-9(14)7(10)8(13)11-4-3-6(12)5-11/h6-7,12H,2-5,10H2,1H3. The van der Waals surface area contributed by atoms with Crippen LogP contribution in [0.1, 0.15) is 13.3 Å². The van der Waals surface area contributed by atoms with Crippen LogP contribution in [0.4, 0.5) is 0 Å². The molecule has 6 heteroatoms. The normalized spacial score (nSPS) is 22.6. The second kappa shape index (κ2) is 5.09. The Morgan fingerprint density at radius 1 is 1.67 bits per heavy atom. The van der Waals surface area contributed by atoms with Crippen LogP contribution in [0.2, 0.25) is 0 Å². The number of likely N-dealkylation sites (tertiary alicyclic amines) is 1. The highest BCUT2D eigenvalue weighted by molar-refractivity contribution is 6.01. The van der Waals surface area contributed by atoms with E-state index in [-0.39, 0.29) is 13.2 Å². The predicted molar refractivity (Wildman–Crippen MR) is 51.8 cm³/mol. The van der Waals surface area contributed by atoms with Gasteiger partial charge in [0.1, 0.15) is 0 Å². The van der Waals surface area contributed by atoms with Gasteiger partial charge in [-0.1, -0.05) is 0 Å². The third-order valence-corrected chi connectivity index (χ3v) is 2.28. The number of β-amino-alcohol motifs (C(OH)–C–C–N with tert-alkyl or cyclic N) is 1. The highest BCUT2D eigenvalue weighted by atomic mass is 16.5. The zero-order chi connectivity index (χ0) is 11.4. The molecule has 0 aromatic rings. The van der Waals surface area contributed by atoms with Crippen molar-refractivity contribution in [1.82, 2.24) is 4.90 Å². The van der Waals surface area contributed by atoms with Crippen LogP contribution in [0.15, 0.2) is 0 Å². The molecule has 1 amide bonds. The van der Waals surface area contributed by atoms with E-state index in [1.54, 1.807) is 6.92 Å². The summed E-state index contributed by atoms with van der Waals surface area (Å²) in [7, 11) is 0. The number of aliphatic hydroxyl groups is 1. The van der Waals surface area contributed by atoms with Gasteiger partial charge < -0.3 is 20.5 Å². The summed E-state index contributed by atoms with van der Waals surface area (Å²) in [5.74, 6) is -1.20. The van der Waals surface area contributed by atoms with E-state index in [0.717, 1.165) is 0 Å². The van der Waals surface area contributed by atoms with E-state index in [1.807, 2.05) is 0 Å². The third-order valence-electron chi connectivity index (χ3n) is 2.28. The zero-order valence-electron chi connectivity index (χ0n) is 8.68. The van der Waals surface area contributed by atoms with Crippen molar-refractivity contribution in [1.29, 1.82) is 0 Å². The largest absolute Gasteiger partial charge is 0.464 e. The van der Waals surface area contributed by atoms with E-state index < -0.39 is 24.0 Å². The molecule has 1 rings (SSSR count). The summed E-state index contributed by atoms with van der Waals surface area (Å²) in [4.78, 5) is 24.1. The quantitative estimate of drug-likeness (QED) is 0.441. The number of carbonyl (C=O) groups excluding carboxylic acids is 2. The van der Waals surface area contributed by atoms with Gasteiger partial charge in [0, 0.05) is 13.1 Å². The molecule has 15 heavy (non-hydrogen) atoms. The van der Waals surface area contributed by atoms with Gasteiger partial charge in [0.25, 0.3) is 5.91 Å². The fourth-order valence-corrected chi connectivity index (χ4v) is 1.47. The maximum Gasteiger partial charge on any atom is 0.332 e. The Morgan fingerprint density at radius 2 is 2.33 bits per heavy atom. The van der Waals surface area contributed by atoms with Crippen molar-refractivity contribution in [3.8, 4) is 0 Å². The highest BCUT2D eigenvalue weighted by Crippen LogP contribution is 2.09. The monoisotopic (exact) mass is 216 g/mol. The molecular weight excluding hydrogens is 200 g/mol. The van der Waals surface area contributed by atoms with Gasteiger partial charge in [-0.15, -0.1) is 0 Å². The van der Waals surface area contributed by atoms with E-state index in [1.165, 1.54) is 4.90 Å². The topological polar surface area (TPSA) is 92.9 Å². The van der Waals surface area contributed by atoms with Gasteiger partial charge in [-0.25, -0.2) is 4.79 Å². The Hall–Kier alpha value is -1.14. The molecule has 0 aliphatic carbocycles. The SMILES string of the molecule is CCOC(=O)C(N)C(=O)N1CCC(O)C1. The number of nitrogens with two attached hydrogens (primary N) is 1. The third kappa shape index (κ3) is 2.90. The second-order valence-corrected chi connectivity index (χ2v) is 3.46. The maximum absolute atomic E-state index is 11.6. The van der Waals surface area contributed by atoms with E-state index >= 15 is 0 Å². The molecule has 0 bridgehead atoms. The first-order valence-corrected chi connectivity index (χ1v) is 4.95. The highest BCUT2D eigenvalue weighted by Gasteiger charge is 2.32. The molecule has 0 aromatic carbocycles. The van der Waals surface area contributed by atoms with E-state index in [0.29, 0.717) is 13.0 Å². The summed E-state index contributed by atoms with van der Waals surface area (Å²) in [5, 5.41) is 9.22.